The number of amides is 1. The third-order valence-electron chi connectivity index (χ3n) is 4.94. The minimum atomic E-state index is -0.269. The molecule has 22 heavy (non-hydrogen) atoms. The second-order valence-electron chi connectivity index (χ2n) is 6.49. The van der Waals surface area contributed by atoms with Crippen molar-refractivity contribution >= 4 is 11.6 Å². The molecule has 3 rings (SSSR count). The Kier molecular flexibility index (Phi) is 4.45. The first-order valence-corrected chi connectivity index (χ1v) is 8.13. The fraction of sp³-hybridized carbons (Fsp3) is 0.588. The van der Waals surface area contributed by atoms with Crippen LogP contribution in [0.1, 0.15) is 37.8 Å². The number of carbonyl (C=O) groups excluding carboxylic acids is 1. The van der Waals surface area contributed by atoms with Crippen LogP contribution in [0.15, 0.2) is 12.1 Å². The van der Waals surface area contributed by atoms with Crippen LogP contribution in [0.25, 0.3) is 0 Å². The van der Waals surface area contributed by atoms with Crippen LogP contribution < -0.4 is 10.6 Å². The van der Waals surface area contributed by atoms with Gasteiger partial charge in [-0.3, -0.25) is 9.69 Å². The van der Waals surface area contributed by atoms with Crippen molar-refractivity contribution in [2.75, 3.05) is 18.4 Å². The fourth-order valence-corrected chi connectivity index (χ4v) is 3.55. The van der Waals surface area contributed by atoms with Crippen molar-refractivity contribution in [3.05, 3.63) is 29.1 Å². The molecule has 1 aromatic rings. The zero-order valence-corrected chi connectivity index (χ0v) is 13.3. The van der Waals surface area contributed by atoms with Gasteiger partial charge in [0, 0.05) is 18.6 Å². The van der Waals surface area contributed by atoms with Crippen LogP contribution in [-0.4, -0.2) is 36.0 Å². The van der Waals surface area contributed by atoms with E-state index in [-0.39, 0.29) is 11.7 Å². The number of halogens is 1. The Balaban J connectivity index is 1.69. The molecule has 0 radical (unpaired) electrons. The number of carbonyl (C=O) groups is 1. The Labute approximate surface area is 131 Å². The first-order chi connectivity index (χ1) is 10.6. The summed E-state index contributed by atoms with van der Waals surface area (Å²) in [5.74, 6) is -0.400. The van der Waals surface area contributed by atoms with Crippen LogP contribution in [0, 0.1) is 5.82 Å². The summed E-state index contributed by atoms with van der Waals surface area (Å²) in [5, 5.41) is 5.98. The van der Waals surface area contributed by atoms with E-state index in [0.29, 0.717) is 37.3 Å². The average molecular weight is 305 g/mol. The van der Waals surface area contributed by atoms with Crippen LogP contribution in [0.4, 0.5) is 10.1 Å². The van der Waals surface area contributed by atoms with E-state index in [1.807, 2.05) is 6.07 Å². The van der Waals surface area contributed by atoms with Gasteiger partial charge in [-0.15, -0.1) is 0 Å². The van der Waals surface area contributed by atoms with Gasteiger partial charge in [0.2, 0.25) is 5.91 Å². The lowest BCUT2D eigenvalue weighted by atomic mass is 9.99. The number of anilines is 1. The van der Waals surface area contributed by atoms with Crippen molar-refractivity contribution in [2.24, 2.45) is 0 Å². The zero-order chi connectivity index (χ0) is 15.7. The highest BCUT2D eigenvalue weighted by atomic mass is 19.1. The Morgan fingerprint density at radius 1 is 1.36 bits per heavy atom. The van der Waals surface area contributed by atoms with Crippen molar-refractivity contribution in [3.8, 4) is 0 Å². The van der Waals surface area contributed by atoms with Crippen molar-refractivity contribution in [1.29, 1.82) is 0 Å². The van der Waals surface area contributed by atoms with Crippen LogP contribution in [0.5, 0.6) is 0 Å². The van der Waals surface area contributed by atoms with Gasteiger partial charge in [-0.25, -0.2) is 4.39 Å². The van der Waals surface area contributed by atoms with Crippen LogP contribution in [0.3, 0.4) is 0 Å². The van der Waals surface area contributed by atoms with Crippen LogP contribution in [0.2, 0.25) is 0 Å². The molecule has 1 fully saturated rings. The molecule has 0 spiro atoms. The van der Waals surface area contributed by atoms with E-state index in [9.17, 15) is 9.18 Å². The van der Waals surface area contributed by atoms with E-state index in [1.165, 1.54) is 0 Å². The quantitative estimate of drug-likeness (QED) is 0.900. The predicted molar refractivity (Wildman–Crippen MR) is 85.3 cm³/mol. The molecule has 2 atom stereocenters. The summed E-state index contributed by atoms with van der Waals surface area (Å²) < 4.78 is 14.5. The second-order valence-corrected chi connectivity index (χ2v) is 6.49. The maximum absolute atomic E-state index is 14.5. The summed E-state index contributed by atoms with van der Waals surface area (Å²) in [6, 6.07) is 4.41. The van der Waals surface area contributed by atoms with Gasteiger partial charge in [0.05, 0.1) is 12.2 Å². The fourth-order valence-electron chi connectivity index (χ4n) is 3.55. The Morgan fingerprint density at radius 3 is 2.82 bits per heavy atom. The van der Waals surface area contributed by atoms with Gasteiger partial charge in [-0.2, -0.15) is 0 Å². The first kappa shape index (κ1) is 15.4. The van der Waals surface area contributed by atoms with Gasteiger partial charge in [0.15, 0.2) is 0 Å². The molecule has 4 nitrogen and oxygen atoms in total. The maximum Gasteiger partial charge on any atom is 0.238 e. The average Bonchev–Trinajstić information content (AvgIpc) is 2.82. The highest BCUT2D eigenvalue weighted by molar-refractivity contribution is 5.92. The van der Waals surface area contributed by atoms with Crippen molar-refractivity contribution in [2.45, 2.75) is 51.7 Å². The zero-order valence-electron chi connectivity index (χ0n) is 13.3. The van der Waals surface area contributed by atoms with E-state index in [1.54, 1.807) is 6.07 Å². The van der Waals surface area contributed by atoms with Gasteiger partial charge in [-0.1, -0.05) is 6.07 Å². The van der Waals surface area contributed by atoms with E-state index in [0.717, 1.165) is 30.5 Å². The molecule has 2 unspecified atom stereocenters. The Morgan fingerprint density at radius 2 is 2.09 bits per heavy atom. The van der Waals surface area contributed by atoms with Gasteiger partial charge in [-0.05, 0) is 56.8 Å². The number of nitrogens with one attached hydrogen (secondary N) is 2. The largest absolute Gasteiger partial charge is 0.322 e. The number of nitrogens with zero attached hydrogens (tertiary/aromatic N) is 1. The Hall–Kier alpha value is -1.46. The highest BCUT2D eigenvalue weighted by Gasteiger charge is 2.29. The maximum atomic E-state index is 14.5. The lowest BCUT2D eigenvalue weighted by Gasteiger charge is -2.25. The van der Waals surface area contributed by atoms with Gasteiger partial charge < -0.3 is 10.6 Å². The van der Waals surface area contributed by atoms with E-state index in [2.05, 4.69) is 29.4 Å². The molecule has 0 aliphatic carbocycles. The van der Waals surface area contributed by atoms with Crippen LogP contribution >= 0.6 is 0 Å². The molecule has 2 heterocycles. The molecule has 2 N–H and O–H groups in total. The number of fused-ring (bicyclic) bond motifs is 1. The lowest BCUT2D eigenvalue weighted by Crippen LogP contribution is -2.39. The standard InChI is InChI=1S/C17H24FN3O/c1-11-3-4-12(2)21(11)10-16(22)20-15-6-5-13-9-19-8-7-14(13)17(15)18/h5-6,11-12,19H,3-4,7-10H2,1-2H3,(H,20,22). The van der Waals surface area contributed by atoms with Gasteiger partial charge in [0.25, 0.3) is 0 Å². The van der Waals surface area contributed by atoms with Gasteiger partial charge in [0.1, 0.15) is 5.82 Å². The second kappa shape index (κ2) is 6.34. The molecule has 0 bridgehead atoms. The van der Waals surface area contributed by atoms with Crippen molar-refractivity contribution in [1.82, 2.24) is 10.2 Å². The summed E-state index contributed by atoms with van der Waals surface area (Å²) in [7, 11) is 0. The molecule has 1 saturated heterocycles. The normalized spacial score (nSPS) is 25.0. The van der Waals surface area contributed by atoms with Crippen molar-refractivity contribution < 1.29 is 9.18 Å². The number of likely N-dealkylation sites (tertiary alicyclic amines) is 1. The molecule has 120 valence electrons. The highest BCUT2D eigenvalue weighted by Crippen LogP contribution is 2.26. The predicted octanol–water partition coefficient (Wildman–Crippen LogP) is 2.28. The molecule has 0 aromatic heterocycles. The number of hydrogen-bond donors (Lipinski definition) is 2. The summed E-state index contributed by atoms with van der Waals surface area (Å²) >= 11 is 0. The number of benzene rings is 1. The summed E-state index contributed by atoms with van der Waals surface area (Å²) in [6.07, 6.45) is 2.91. The summed E-state index contributed by atoms with van der Waals surface area (Å²) in [4.78, 5) is 14.4. The SMILES string of the molecule is CC1CCC(C)N1CC(=O)Nc1ccc2c(c1F)CCNC2. The smallest absolute Gasteiger partial charge is 0.238 e. The topological polar surface area (TPSA) is 44.4 Å². The first-order valence-electron chi connectivity index (χ1n) is 8.13. The summed E-state index contributed by atoms with van der Waals surface area (Å²) in [6.45, 7) is 6.10. The molecule has 5 heteroatoms. The van der Waals surface area contributed by atoms with E-state index >= 15 is 0 Å². The lowest BCUT2D eigenvalue weighted by molar-refractivity contribution is -0.117. The monoisotopic (exact) mass is 305 g/mol. The minimum absolute atomic E-state index is 0.131. The third kappa shape index (κ3) is 3.01. The van der Waals surface area contributed by atoms with Gasteiger partial charge >= 0.3 is 0 Å². The molecule has 0 saturated carbocycles. The van der Waals surface area contributed by atoms with E-state index in [4.69, 9.17) is 0 Å². The van der Waals surface area contributed by atoms with Crippen LogP contribution in [-0.2, 0) is 17.8 Å². The van der Waals surface area contributed by atoms with E-state index < -0.39 is 0 Å². The third-order valence-corrected chi connectivity index (χ3v) is 4.94. The molecule has 1 amide bonds. The minimum Gasteiger partial charge on any atom is -0.322 e. The van der Waals surface area contributed by atoms with Crippen molar-refractivity contribution in [3.63, 3.8) is 0 Å². The number of hydrogen-bond acceptors (Lipinski definition) is 3. The molecule has 2 aliphatic rings. The molecule has 2 aliphatic heterocycles. The molecular formula is C17H24FN3O. The molecule has 1 aromatic carbocycles. The number of rotatable bonds is 3. The summed E-state index contributed by atoms with van der Waals surface area (Å²) in [5.41, 5.74) is 2.04. The Bertz CT molecular complexity index is 565. The molecular weight excluding hydrogens is 281 g/mol.